The second-order valence-electron chi connectivity index (χ2n) is 7.75. The number of carbonyl (C=O) groups excluding carboxylic acids is 1. The first-order valence-electron chi connectivity index (χ1n) is 10.3. The summed E-state index contributed by atoms with van der Waals surface area (Å²) in [4.78, 5) is 15.2. The van der Waals surface area contributed by atoms with E-state index < -0.39 is 0 Å². The fraction of sp³-hybridized carbons (Fsp3) is 0.320. The van der Waals surface area contributed by atoms with Gasteiger partial charge in [-0.15, -0.1) is 0 Å². The molecule has 1 N–H and O–H groups in total. The summed E-state index contributed by atoms with van der Waals surface area (Å²) >= 11 is 0. The summed E-state index contributed by atoms with van der Waals surface area (Å²) in [5.41, 5.74) is 3.53. The monoisotopic (exact) mass is 372 g/mol. The number of aryl methyl sites for hydroxylation is 1. The molecular weight excluding hydrogens is 344 g/mol. The molecule has 3 aromatic carbocycles. The molecule has 1 atom stereocenters. The maximum Gasteiger partial charge on any atom is 0.228 e. The Bertz CT molecular complexity index is 943. The van der Waals surface area contributed by atoms with Gasteiger partial charge in [0.2, 0.25) is 5.91 Å². The zero-order valence-corrected chi connectivity index (χ0v) is 16.5. The molecule has 1 heterocycles. The van der Waals surface area contributed by atoms with Crippen LogP contribution in [0.1, 0.15) is 30.9 Å². The van der Waals surface area contributed by atoms with Crippen molar-refractivity contribution in [3.8, 4) is 0 Å². The van der Waals surface area contributed by atoms with Crippen LogP contribution in [0, 0.1) is 5.92 Å². The van der Waals surface area contributed by atoms with Crippen molar-refractivity contribution in [3.05, 3.63) is 77.9 Å². The average Bonchev–Trinajstić information content (AvgIpc) is 2.75. The standard InChI is InChI=1S/C25H28N2O/c1-2-19-12-14-23(15-13-19)26-25(28)22-10-6-16-27(18-22)17-21-9-5-8-20-7-3-4-11-24(20)21/h3-5,7-9,11-15,22H,2,6,10,16-18H2,1H3,(H,26,28). The number of benzene rings is 3. The molecule has 0 saturated carbocycles. The van der Waals surface area contributed by atoms with Crippen LogP contribution in [-0.4, -0.2) is 23.9 Å². The maximum atomic E-state index is 12.8. The summed E-state index contributed by atoms with van der Waals surface area (Å²) in [6.07, 6.45) is 3.04. The quantitative estimate of drug-likeness (QED) is 0.663. The lowest BCUT2D eigenvalue weighted by atomic mass is 9.96. The van der Waals surface area contributed by atoms with Gasteiger partial charge in [-0.1, -0.05) is 61.5 Å². The lowest BCUT2D eigenvalue weighted by Crippen LogP contribution is -2.40. The highest BCUT2D eigenvalue weighted by Crippen LogP contribution is 2.24. The number of likely N-dealkylation sites (tertiary alicyclic amines) is 1. The summed E-state index contributed by atoms with van der Waals surface area (Å²) in [6, 6.07) is 23.2. The number of nitrogens with zero attached hydrogens (tertiary/aromatic N) is 1. The summed E-state index contributed by atoms with van der Waals surface area (Å²) in [6.45, 7) is 4.91. The summed E-state index contributed by atoms with van der Waals surface area (Å²) in [5.74, 6) is 0.196. The Labute approximate surface area is 167 Å². The Balaban J connectivity index is 1.41. The van der Waals surface area contributed by atoms with E-state index in [0.717, 1.165) is 44.6 Å². The van der Waals surface area contributed by atoms with Crippen molar-refractivity contribution in [1.82, 2.24) is 4.90 Å². The fourth-order valence-corrected chi connectivity index (χ4v) is 4.15. The number of rotatable bonds is 5. The molecule has 1 amide bonds. The number of piperidine rings is 1. The van der Waals surface area contributed by atoms with Crippen molar-refractivity contribution in [2.24, 2.45) is 5.92 Å². The summed E-state index contributed by atoms with van der Waals surface area (Å²) in [7, 11) is 0. The van der Waals surface area contributed by atoms with Gasteiger partial charge in [-0.05, 0) is 59.8 Å². The van der Waals surface area contributed by atoms with E-state index in [1.807, 2.05) is 12.1 Å². The minimum absolute atomic E-state index is 0.0505. The Morgan fingerprint density at radius 1 is 1.04 bits per heavy atom. The molecule has 3 nitrogen and oxygen atoms in total. The van der Waals surface area contributed by atoms with E-state index in [-0.39, 0.29) is 11.8 Å². The van der Waals surface area contributed by atoms with E-state index >= 15 is 0 Å². The molecule has 0 aromatic heterocycles. The first-order chi connectivity index (χ1) is 13.7. The van der Waals surface area contributed by atoms with Crippen LogP contribution in [0.15, 0.2) is 66.7 Å². The number of amides is 1. The molecule has 1 aliphatic heterocycles. The normalized spacial score (nSPS) is 17.5. The van der Waals surface area contributed by atoms with Gasteiger partial charge in [0, 0.05) is 18.8 Å². The number of carbonyl (C=O) groups is 1. The predicted octanol–water partition coefficient (Wildman–Crippen LogP) is 5.25. The van der Waals surface area contributed by atoms with Gasteiger partial charge >= 0.3 is 0 Å². The van der Waals surface area contributed by atoms with Crippen LogP contribution in [0.5, 0.6) is 0 Å². The molecule has 0 spiro atoms. The highest BCUT2D eigenvalue weighted by atomic mass is 16.1. The molecule has 0 aliphatic carbocycles. The Kier molecular flexibility index (Phi) is 5.73. The second-order valence-corrected chi connectivity index (χ2v) is 7.75. The SMILES string of the molecule is CCc1ccc(NC(=O)C2CCCN(Cc3cccc4ccccc34)C2)cc1. The third-order valence-corrected chi connectivity index (χ3v) is 5.78. The van der Waals surface area contributed by atoms with Crippen LogP contribution >= 0.6 is 0 Å². The highest BCUT2D eigenvalue weighted by Gasteiger charge is 2.26. The zero-order valence-electron chi connectivity index (χ0n) is 16.5. The van der Waals surface area contributed by atoms with Crippen LogP contribution in [0.2, 0.25) is 0 Å². The van der Waals surface area contributed by atoms with E-state index in [4.69, 9.17) is 0 Å². The molecule has 3 aromatic rings. The number of fused-ring (bicyclic) bond motifs is 1. The smallest absolute Gasteiger partial charge is 0.228 e. The third kappa shape index (κ3) is 4.26. The molecule has 144 valence electrons. The van der Waals surface area contributed by atoms with Gasteiger partial charge in [-0.2, -0.15) is 0 Å². The van der Waals surface area contributed by atoms with E-state index in [1.165, 1.54) is 21.9 Å². The van der Waals surface area contributed by atoms with E-state index in [9.17, 15) is 4.79 Å². The second kappa shape index (κ2) is 8.57. The first-order valence-corrected chi connectivity index (χ1v) is 10.3. The summed E-state index contributed by atoms with van der Waals surface area (Å²) < 4.78 is 0. The summed E-state index contributed by atoms with van der Waals surface area (Å²) in [5, 5.41) is 5.70. The van der Waals surface area contributed by atoms with Gasteiger partial charge < -0.3 is 5.32 Å². The lowest BCUT2D eigenvalue weighted by Gasteiger charge is -2.32. The average molecular weight is 373 g/mol. The van der Waals surface area contributed by atoms with Crippen LogP contribution in [0.25, 0.3) is 10.8 Å². The van der Waals surface area contributed by atoms with E-state index in [0.29, 0.717) is 0 Å². The van der Waals surface area contributed by atoms with Crippen molar-refractivity contribution in [2.75, 3.05) is 18.4 Å². The largest absolute Gasteiger partial charge is 0.326 e. The van der Waals surface area contributed by atoms with Crippen molar-refractivity contribution in [1.29, 1.82) is 0 Å². The van der Waals surface area contributed by atoms with Gasteiger partial charge in [0.25, 0.3) is 0 Å². The molecule has 1 aliphatic rings. The number of nitrogens with one attached hydrogen (secondary N) is 1. The van der Waals surface area contributed by atoms with Gasteiger partial charge in [-0.25, -0.2) is 0 Å². The highest BCUT2D eigenvalue weighted by molar-refractivity contribution is 5.92. The van der Waals surface area contributed by atoms with Crippen LogP contribution in [0.4, 0.5) is 5.69 Å². The Morgan fingerprint density at radius 3 is 2.64 bits per heavy atom. The third-order valence-electron chi connectivity index (χ3n) is 5.78. The number of hydrogen-bond acceptors (Lipinski definition) is 2. The van der Waals surface area contributed by atoms with Crippen molar-refractivity contribution in [3.63, 3.8) is 0 Å². The minimum atomic E-state index is 0.0505. The van der Waals surface area contributed by atoms with Gasteiger partial charge in [0.15, 0.2) is 0 Å². The van der Waals surface area contributed by atoms with Crippen molar-refractivity contribution in [2.45, 2.75) is 32.7 Å². The van der Waals surface area contributed by atoms with E-state index in [1.54, 1.807) is 0 Å². The van der Waals surface area contributed by atoms with Gasteiger partial charge in [0.05, 0.1) is 5.92 Å². The van der Waals surface area contributed by atoms with Crippen LogP contribution < -0.4 is 5.32 Å². The molecule has 1 fully saturated rings. The molecule has 1 unspecified atom stereocenters. The van der Waals surface area contributed by atoms with Crippen LogP contribution in [0.3, 0.4) is 0 Å². The molecular formula is C25H28N2O. The molecule has 0 bridgehead atoms. The molecule has 0 radical (unpaired) electrons. The topological polar surface area (TPSA) is 32.3 Å². The van der Waals surface area contributed by atoms with Crippen molar-refractivity contribution < 1.29 is 4.79 Å². The molecule has 28 heavy (non-hydrogen) atoms. The predicted molar refractivity (Wildman–Crippen MR) is 116 cm³/mol. The first kappa shape index (κ1) is 18.7. The molecule has 1 saturated heterocycles. The Hall–Kier alpha value is -2.65. The Morgan fingerprint density at radius 2 is 1.82 bits per heavy atom. The maximum absolute atomic E-state index is 12.8. The van der Waals surface area contributed by atoms with Gasteiger partial charge in [-0.3, -0.25) is 9.69 Å². The van der Waals surface area contributed by atoms with Crippen LogP contribution in [-0.2, 0) is 17.8 Å². The number of hydrogen-bond donors (Lipinski definition) is 1. The number of anilines is 1. The zero-order chi connectivity index (χ0) is 19.3. The minimum Gasteiger partial charge on any atom is -0.326 e. The lowest BCUT2D eigenvalue weighted by molar-refractivity contribution is -0.121. The fourth-order valence-electron chi connectivity index (χ4n) is 4.15. The molecule has 3 heteroatoms. The van der Waals surface area contributed by atoms with Crippen molar-refractivity contribution >= 4 is 22.4 Å². The van der Waals surface area contributed by atoms with Gasteiger partial charge in [0.1, 0.15) is 0 Å². The molecule has 4 rings (SSSR count). The van der Waals surface area contributed by atoms with E-state index in [2.05, 4.69) is 71.7 Å².